The Morgan fingerprint density at radius 2 is 1.82 bits per heavy atom. The van der Waals surface area contributed by atoms with E-state index in [9.17, 15) is 23.4 Å². The lowest BCUT2D eigenvalue weighted by Gasteiger charge is -2.65. The lowest BCUT2D eigenvalue weighted by molar-refractivity contribution is -0.141. The zero-order valence-corrected chi connectivity index (χ0v) is 20.4. The molecule has 33 heavy (non-hydrogen) atoms. The number of hydrogen-bond acceptors (Lipinski definition) is 5. The predicted octanol–water partition coefficient (Wildman–Crippen LogP) is 3.53. The number of nitrogens with zero attached hydrogens (tertiary/aromatic N) is 1. The van der Waals surface area contributed by atoms with E-state index in [0.29, 0.717) is 12.8 Å². The first-order valence-corrected chi connectivity index (χ1v) is 13.4. The predicted molar refractivity (Wildman–Crippen MR) is 124 cm³/mol. The van der Waals surface area contributed by atoms with E-state index in [2.05, 4.69) is 18.6 Å². The Morgan fingerprint density at radius 1 is 1.06 bits per heavy atom. The van der Waals surface area contributed by atoms with E-state index < -0.39 is 15.6 Å². The van der Waals surface area contributed by atoms with Crippen LogP contribution in [0.3, 0.4) is 0 Å². The van der Waals surface area contributed by atoms with E-state index in [-0.39, 0.29) is 51.0 Å². The van der Waals surface area contributed by atoms with Gasteiger partial charge in [-0.25, -0.2) is 13.1 Å². The van der Waals surface area contributed by atoms with Crippen molar-refractivity contribution >= 4 is 15.9 Å². The van der Waals surface area contributed by atoms with E-state index in [1.807, 2.05) is 18.0 Å². The average molecular weight is 475 g/mol. The first kappa shape index (κ1) is 22.7. The van der Waals surface area contributed by atoms with Crippen LogP contribution in [0.2, 0.25) is 0 Å². The monoisotopic (exact) mass is 474 g/mol. The largest absolute Gasteiger partial charge is 0.508 e. The van der Waals surface area contributed by atoms with Crippen LogP contribution in [0.5, 0.6) is 11.5 Å². The summed E-state index contributed by atoms with van der Waals surface area (Å²) in [7, 11) is -2.27. The number of likely N-dealkylation sites (N-methyl/N-ethyl adjacent to an activating group) is 1. The van der Waals surface area contributed by atoms with Gasteiger partial charge in [-0.2, -0.15) is 0 Å². The average Bonchev–Trinajstić information content (AvgIpc) is 3.15. The topological polar surface area (TPSA) is 107 Å². The minimum atomic E-state index is -4.11. The van der Waals surface area contributed by atoms with Gasteiger partial charge in [0.2, 0.25) is 15.9 Å². The molecule has 3 N–H and O–H groups in total. The normalized spacial score (nSPS) is 40.3. The van der Waals surface area contributed by atoms with E-state index in [1.54, 1.807) is 6.08 Å². The number of aromatic hydroxyl groups is 2. The Labute approximate surface area is 195 Å². The summed E-state index contributed by atoms with van der Waals surface area (Å²) in [4.78, 5) is 14.0. The molecule has 180 valence electrons. The van der Waals surface area contributed by atoms with Crippen molar-refractivity contribution in [2.75, 3.05) is 7.05 Å². The third-order valence-electron chi connectivity index (χ3n) is 9.59. The summed E-state index contributed by atoms with van der Waals surface area (Å²) in [5.41, 5.74) is -0.978. The molecule has 3 fully saturated rings. The SMILES string of the molecule is CN1C(=O)C=C[C@@]2(C)[C@H]1CCC1(NS(=O)(=O)c3cc(O)ccc3O)[C@@H]3CCC[C@@]3(C)CC[C@@H]12. The number of benzene rings is 1. The van der Waals surface area contributed by atoms with Crippen LogP contribution >= 0.6 is 0 Å². The van der Waals surface area contributed by atoms with Crippen LogP contribution in [0.1, 0.15) is 58.8 Å². The number of hydrogen-bond donors (Lipinski definition) is 3. The summed E-state index contributed by atoms with van der Waals surface area (Å²) in [5, 5.41) is 20.3. The van der Waals surface area contributed by atoms with E-state index in [4.69, 9.17) is 0 Å². The van der Waals surface area contributed by atoms with Crippen LogP contribution in [0.25, 0.3) is 0 Å². The van der Waals surface area contributed by atoms with Crippen molar-refractivity contribution < 1.29 is 23.4 Å². The maximum atomic E-state index is 13.7. The molecule has 1 aromatic carbocycles. The van der Waals surface area contributed by atoms with Crippen LogP contribution in [-0.2, 0) is 14.8 Å². The third kappa shape index (κ3) is 3.16. The van der Waals surface area contributed by atoms with Gasteiger partial charge in [0.15, 0.2) is 0 Å². The first-order chi connectivity index (χ1) is 15.4. The zero-order chi connectivity index (χ0) is 23.8. The zero-order valence-electron chi connectivity index (χ0n) is 19.5. The molecule has 1 aliphatic heterocycles. The summed E-state index contributed by atoms with van der Waals surface area (Å²) in [6.07, 6.45) is 10.0. The van der Waals surface area contributed by atoms with Gasteiger partial charge in [0.05, 0.1) is 0 Å². The van der Waals surface area contributed by atoms with Gasteiger partial charge in [-0.1, -0.05) is 26.3 Å². The van der Waals surface area contributed by atoms with Gasteiger partial charge in [-0.05, 0) is 74.0 Å². The van der Waals surface area contributed by atoms with Gasteiger partial charge < -0.3 is 15.1 Å². The highest BCUT2D eigenvalue weighted by atomic mass is 32.2. The molecule has 7 nitrogen and oxygen atoms in total. The number of nitrogens with one attached hydrogen (secondary N) is 1. The molecule has 0 saturated heterocycles. The van der Waals surface area contributed by atoms with Crippen molar-refractivity contribution in [2.24, 2.45) is 22.7 Å². The second-order valence-electron chi connectivity index (χ2n) is 11.2. The number of phenols is 2. The molecule has 1 amide bonds. The lowest BCUT2D eigenvalue weighted by atomic mass is 9.45. The van der Waals surface area contributed by atoms with Crippen molar-refractivity contribution in [3.8, 4) is 11.5 Å². The summed E-state index contributed by atoms with van der Waals surface area (Å²) < 4.78 is 30.6. The molecule has 0 spiro atoms. The molecular weight excluding hydrogens is 440 g/mol. The van der Waals surface area contributed by atoms with Gasteiger partial charge in [-0.3, -0.25) is 4.79 Å². The third-order valence-corrected chi connectivity index (χ3v) is 11.1. The molecule has 0 aromatic heterocycles. The van der Waals surface area contributed by atoms with E-state index in [0.717, 1.165) is 38.2 Å². The fourth-order valence-corrected chi connectivity index (χ4v) is 9.71. The van der Waals surface area contributed by atoms with Crippen molar-refractivity contribution in [3.63, 3.8) is 0 Å². The number of carbonyl (C=O) groups is 1. The summed E-state index contributed by atoms with van der Waals surface area (Å²) in [5.74, 6) is -0.395. The highest BCUT2D eigenvalue weighted by molar-refractivity contribution is 7.89. The molecule has 3 saturated carbocycles. The first-order valence-electron chi connectivity index (χ1n) is 11.9. The highest BCUT2D eigenvalue weighted by Crippen LogP contribution is 2.66. The fraction of sp³-hybridized carbons (Fsp3) is 0.640. The highest BCUT2D eigenvalue weighted by Gasteiger charge is 2.66. The Balaban J connectivity index is 1.65. The van der Waals surface area contributed by atoms with Crippen LogP contribution in [0, 0.1) is 22.7 Å². The van der Waals surface area contributed by atoms with Gasteiger partial charge in [-0.15, -0.1) is 0 Å². The summed E-state index contributed by atoms with van der Waals surface area (Å²) in [6.45, 7) is 4.47. The molecule has 1 heterocycles. The van der Waals surface area contributed by atoms with Gasteiger partial charge in [0.25, 0.3) is 0 Å². The fourth-order valence-electron chi connectivity index (χ4n) is 8.10. The number of fused-ring (bicyclic) bond motifs is 5. The van der Waals surface area contributed by atoms with Crippen molar-refractivity contribution in [1.29, 1.82) is 0 Å². The quantitative estimate of drug-likeness (QED) is 0.581. The molecule has 1 unspecified atom stereocenters. The Bertz CT molecular complexity index is 1130. The molecular formula is C25H34N2O5S. The standard InChI is InChI=1S/C25H34N2O5S/c1-23-11-4-5-19(23)25(26-33(31,32)18-15-16(28)6-7-17(18)29)14-9-21-24(2,20(25)8-12-23)13-10-22(30)27(21)3/h6-7,10,13,15,19-21,26,28-29H,4-5,8-9,11-12,14H2,1-3H3/t19-,20-,21-,23+,24-,25?/m1/s1. The number of amides is 1. The van der Waals surface area contributed by atoms with Crippen LogP contribution < -0.4 is 4.72 Å². The number of carbonyl (C=O) groups excluding carboxylic acids is 1. The van der Waals surface area contributed by atoms with Gasteiger partial charge >= 0.3 is 0 Å². The number of phenolic OH excluding ortho intramolecular Hbond substituents is 2. The number of rotatable bonds is 3. The molecule has 6 atom stereocenters. The van der Waals surface area contributed by atoms with Crippen LogP contribution in [0.4, 0.5) is 0 Å². The van der Waals surface area contributed by atoms with Gasteiger partial charge in [0, 0.05) is 30.1 Å². The second-order valence-corrected chi connectivity index (χ2v) is 12.8. The molecule has 0 bridgehead atoms. The van der Waals surface area contributed by atoms with Gasteiger partial charge in [0.1, 0.15) is 16.4 Å². The number of sulfonamides is 1. The Morgan fingerprint density at radius 3 is 2.58 bits per heavy atom. The second kappa shape index (κ2) is 7.22. The minimum Gasteiger partial charge on any atom is -0.508 e. The van der Waals surface area contributed by atoms with Crippen molar-refractivity contribution in [1.82, 2.24) is 9.62 Å². The Hall–Kier alpha value is -2.06. The lowest BCUT2D eigenvalue weighted by Crippen LogP contribution is -2.72. The van der Waals surface area contributed by atoms with Crippen LogP contribution in [-0.4, -0.2) is 48.1 Å². The molecule has 5 rings (SSSR count). The van der Waals surface area contributed by atoms with E-state index >= 15 is 0 Å². The Kier molecular flexibility index (Phi) is 4.97. The van der Waals surface area contributed by atoms with Crippen molar-refractivity contribution in [2.45, 2.75) is 75.3 Å². The van der Waals surface area contributed by atoms with Crippen molar-refractivity contribution in [3.05, 3.63) is 30.4 Å². The summed E-state index contributed by atoms with van der Waals surface area (Å²) >= 11 is 0. The molecule has 4 aliphatic rings. The molecule has 0 radical (unpaired) electrons. The maximum Gasteiger partial charge on any atom is 0.246 e. The van der Waals surface area contributed by atoms with Crippen LogP contribution in [0.15, 0.2) is 35.2 Å². The smallest absolute Gasteiger partial charge is 0.246 e. The molecule has 8 heteroatoms. The maximum absolute atomic E-state index is 13.7. The molecule has 3 aliphatic carbocycles. The minimum absolute atomic E-state index is 0.00301. The van der Waals surface area contributed by atoms with E-state index in [1.165, 1.54) is 12.1 Å². The summed E-state index contributed by atoms with van der Waals surface area (Å²) in [6, 6.07) is 3.62. The molecule has 1 aromatic rings.